The maximum atomic E-state index is 12.0. The molecule has 114 valence electrons. The van der Waals surface area contributed by atoms with Gasteiger partial charge in [0, 0.05) is 4.90 Å². The molecule has 0 saturated carbocycles. The second-order valence-corrected chi connectivity index (χ2v) is 5.99. The minimum Gasteiger partial charge on any atom is -0.497 e. The molecule has 0 fully saturated rings. The zero-order valence-corrected chi connectivity index (χ0v) is 13.3. The quantitative estimate of drug-likeness (QED) is 0.505. The summed E-state index contributed by atoms with van der Waals surface area (Å²) in [6, 6.07) is 17.3. The zero-order chi connectivity index (χ0) is 15.8. The molecule has 1 atom stereocenters. The number of carbonyl (C=O) groups is 1. The summed E-state index contributed by atoms with van der Waals surface area (Å²) in [6.45, 7) is 1.86. The van der Waals surface area contributed by atoms with Gasteiger partial charge in [-0.3, -0.25) is 4.79 Å². The maximum absolute atomic E-state index is 12.0. The predicted molar refractivity (Wildman–Crippen MR) is 90.5 cm³/mol. The molecular weight excluding hydrogens is 296 g/mol. The highest BCUT2D eigenvalue weighted by molar-refractivity contribution is 8.00. The summed E-state index contributed by atoms with van der Waals surface area (Å²) < 4.78 is 5.08. The monoisotopic (exact) mass is 314 g/mol. The fourth-order valence-electron chi connectivity index (χ4n) is 1.71. The molecule has 0 heterocycles. The largest absolute Gasteiger partial charge is 0.497 e. The summed E-state index contributed by atoms with van der Waals surface area (Å²) in [5.74, 6) is 0.660. The first-order valence-corrected chi connectivity index (χ1v) is 7.75. The number of carbonyl (C=O) groups excluding carboxylic acids is 1. The molecule has 0 spiro atoms. The lowest BCUT2D eigenvalue weighted by atomic mass is 10.2. The van der Waals surface area contributed by atoms with Crippen molar-refractivity contribution in [3.8, 4) is 5.75 Å². The summed E-state index contributed by atoms with van der Waals surface area (Å²) in [6.07, 6.45) is 1.61. The van der Waals surface area contributed by atoms with Gasteiger partial charge >= 0.3 is 0 Å². The average molecular weight is 314 g/mol. The van der Waals surface area contributed by atoms with Crippen molar-refractivity contribution < 1.29 is 9.53 Å². The Balaban J connectivity index is 1.84. The van der Waals surface area contributed by atoms with Gasteiger partial charge in [0.05, 0.1) is 18.6 Å². The number of nitrogens with one attached hydrogen (secondary N) is 1. The molecule has 1 amide bonds. The van der Waals surface area contributed by atoms with Gasteiger partial charge in [0.15, 0.2) is 0 Å². The molecule has 22 heavy (non-hydrogen) atoms. The van der Waals surface area contributed by atoms with Crippen LogP contribution in [0.15, 0.2) is 64.6 Å². The number of benzene rings is 2. The van der Waals surface area contributed by atoms with E-state index in [4.69, 9.17) is 4.74 Å². The summed E-state index contributed by atoms with van der Waals surface area (Å²) in [7, 11) is 1.62. The van der Waals surface area contributed by atoms with Crippen LogP contribution in [0.5, 0.6) is 5.75 Å². The maximum Gasteiger partial charge on any atom is 0.253 e. The van der Waals surface area contributed by atoms with E-state index >= 15 is 0 Å². The van der Waals surface area contributed by atoms with Crippen LogP contribution in [0, 0.1) is 0 Å². The lowest BCUT2D eigenvalue weighted by Gasteiger charge is -2.09. The van der Waals surface area contributed by atoms with Gasteiger partial charge < -0.3 is 4.74 Å². The third kappa shape index (κ3) is 4.93. The molecule has 1 N–H and O–H groups in total. The van der Waals surface area contributed by atoms with E-state index in [9.17, 15) is 4.79 Å². The van der Waals surface area contributed by atoms with Crippen LogP contribution in [0.3, 0.4) is 0 Å². The number of rotatable bonds is 6. The highest BCUT2D eigenvalue weighted by atomic mass is 32.2. The van der Waals surface area contributed by atoms with Crippen molar-refractivity contribution in [2.45, 2.75) is 17.1 Å². The van der Waals surface area contributed by atoms with Gasteiger partial charge in [-0.2, -0.15) is 5.10 Å². The molecular formula is C17H18N2O2S. The first-order chi connectivity index (χ1) is 10.7. The number of thioether (sulfide) groups is 1. The molecule has 0 aliphatic carbocycles. The van der Waals surface area contributed by atoms with Crippen LogP contribution < -0.4 is 10.2 Å². The number of hydrogen-bond donors (Lipinski definition) is 1. The Morgan fingerprint density at radius 3 is 2.50 bits per heavy atom. The molecule has 2 aromatic carbocycles. The lowest BCUT2D eigenvalue weighted by Crippen LogP contribution is -2.26. The van der Waals surface area contributed by atoms with Crippen molar-refractivity contribution in [1.29, 1.82) is 0 Å². The summed E-state index contributed by atoms with van der Waals surface area (Å²) >= 11 is 1.50. The van der Waals surface area contributed by atoms with E-state index < -0.39 is 0 Å². The second-order valence-electron chi connectivity index (χ2n) is 4.58. The van der Waals surface area contributed by atoms with Crippen molar-refractivity contribution >= 4 is 23.9 Å². The van der Waals surface area contributed by atoms with Crippen molar-refractivity contribution in [3.63, 3.8) is 0 Å². The van der Waals surface area contributed by atoms with E-state index in [1.54, 1.807) is 13.3 Å². The third-order valence-electron chi connectivity index (χ3n) is 2.93. The Morgan fingerprint density at radius 2 is 1.86 bits per heavy atom. The van der Waals surface area contributed by atoms with Crippen molar-refractivity contribution in [3.05, 3.63) is 60.2 Å². The van der Waals surface area contributed by atoms with Crippen molar-refractivity contribution in [2.24, 2.45) is 5.10 Å². The zero-order valence-electron chi connectivity index (χ0n) is 12.5. The fraction of sp³-hybridized carbons (Fsp3) is 0.176. The van der Waals surface area contributed by atoms with E-state index in [-0.39, 0.29) is 11.2 Å². The number of hydrogen-bond acceptors (Lipinski definition) is 4. The standard InChI is InChI=1S/C17H18N2O2S/c1-13(22-16-6-4-3-5-7-16)17(20)19-18-12-14-8-10-15(21-2)11-9-14/h3-13H,1-2H3,(H,19,20)/b18-12-/t13-/m1/s1. The van der Waals surface area contributed by atoms with Crippen LogP contribution >= 0.6 is 11.8 Å². The van der Waals surface area contributed by atoms with E-state index in [1.807, 2.05) is 61.5 Å². The van der Waals surface area contributed by atoms with Gasteiger partial charge in [0.1, 0.15) is 5.75 Å². The van der Waals surface area contributed by atoms with Crippen LogP contribution in [0.25, 0.3) is 0 Å². The minimum atomic E-state index is -0.213. The van der Waals surface area contributed by atoms with E-state index in [0.29, 0.717) is 0 Å². The summed E-state index contributed by atoms with van der Waals surface area (Å²) in [5.41, 5.74) is 3.45. The first kappa shape index (κ1) is 16.1. The van der Waals surface area contributed by atoms with Crippen molar-refractivity contribution in [1.82, 2.24) is 5.43 Å². The topological polar surface area (TPSA) is 50.7 Å². The van der Waals surface area contributed by atoms with Crippen LogP contribution in [0.1, 0.15) is 12.5 Å². The normalized spacial score (nSPS) is 12.1. The average Bonchev–Trinajstić information content (AvgIpc) is 2.56. The van der Waals surface area contributed by atoms with Crippen LogP contribution in [0.4, 0.5) is 0 Å². The van der Waals surface area contributed by atoms with E-state index in [1.165, 1.54) is 11.8 Å². The minimum absolute atomic E-state index is 0.126. The molecule has 0 saturated heterocycles. The van der Waals surface area contributed by atoms with Crippen LogP contribution in [-0.4, -0.2) is 24.5 Å². The lowest BCUT2D eigenvalue weighted by molar-refractivity contribution is -0.120. The Morgan fingerprint density at radius 1 is 1.18 bits per heavy atom. The number of hydrazone groups is 1. The number of ether oxygens (including phenoxy) is 1. The molecule has 2 rings (SSSR count). The second kappa shape index (κ2) is 8.24. The van der Waals surface area contributed by atoms with Gasteiger partial charge in [0.25, 0.3) is 5.91 Å². The molecule has 0 bridgehead atoms. The van der Waals surface area contributed by atoms with Crippen LogP contribution in [0.2, 0.25) is 0 Å². The highest BCUT2D eigenvalue weighted by Crippen LogP contribution is 2.22. The molecule has 4 nitrogen and oxygen atoms in total. The SMILES string of the molecule is COc1ccc(/C=N\NC(=O)[C@@H](C)Sc2ccccc2)cc1. The van der Waals surface area contributed by atoms with Gasteiger partial charge in [-0.05, 0) is 48.9 Å². The smallest absolute Gasteiger partial charge is 0.253 e. The molecule has 0 aromatic heterocycles. The molecule has 0 aliphatic heterocycles. The third-order valence-corrected chi connectivity index (χ3v) is 4.04. The molecule has 2 aromatic rings. The fourth-order valence-corrected chi connectivity index (χ4v) is 2.59. The summed E-state index contributed by atoms with van der Waals surface area (Å²) in [4.78, 5) is 13.0. The van der Waals surface area contributed by atoms with E-state index in [2.05, 4.69) is 10.5 Å². The Hall–Kier alpha value is -2.27. The highest BCUT2D eigenvalue weighted by Gasteiger charge is 2.13. The Kier molecular flexibility index (Phi) is 6.03. The van der Waals surface area contributed by atoms with Gasteiger partial charge in [-0.25, -0.2) is 5.43 Å². The number of amides is 1. The molecule has 0 aliphatic rings. The molecule has 0 radical (unpaired) electrons. The first-order valence-electron chi connectivity index (χ1n) is 6.87. The Bertz CT molecular complexity index is 627. The molecule has 5 heteroatoms. The van der Waals surface area contributed by atoms with E-state index in [0.717, 1.165) is 16.2 Å². The molecule has 0 unspecified atom stereocenters. The number of nitrogens with zero attached hydrogens (tertiary/aromatic N) is 1. The predicted octanol–water partition coefficient (Wildman–Crippen LogP) is 3.33. The van der Waals surface area contributed by atoms with Gasteiger partial charge in [0.2, 0.25) is 0 Å². The van der Waals surface area contributed by atoms with Gasteiger partial charge in [-0.1, -0.05) is 18.2 Å². The summed E-state index contributed by atoms with van der Waals surface area (Å²) in [5, 5.41) is 3.77. The van der Waals surface area contributed by atoms with Crippen molar-refractivity contribution in [2.75, 3.05) is 7.11 Å². The van der Waals surface area contributed by atoms with Crippen LogP contribution in [-0.2, 0) is 4.79 Å². The van der Waals surface area contributed by atoms with Gasteiger partial charge in [-0.15, -0.1) is 11.8 Å². The Labute approximate surface area is 134 Å². The number of methoxy groups -OCH3 is 1.